The predicted octanol–water partition coefficient (Wildman–Crippen LogP) is 4.32. The number of hydrogen-bond acceptors (Lipinski definition) is 3. The second-order valence-electron chi connectivity index (χ2n) is 6.64. The number of anilines is 2. The fraction of sp³-hybridized carbons (Fsp3) is 0.300. The molecule has 1 aliphatic rings. The quantitative estimate of drug-likeness (QED) is 0.768. The van der Waals surface area contributed by atoms with Gasteiger partial charge in [-0.25, -0.2) is 0 Å². The molecule has 1 fully saturated rings. The lowest BCUT2D eigenvalue weighted by Crippen LogP contribution is -2.35. The zero-order valence-corrected chi connectivity index (χ0v) is 15.7. The minimum Gasteiger partial charge on any atom is -0.495 e. The maximum atomic E-state index is 12.7. The van der Waals surface area contributed by atoms with Crippen molar-refractivity contribution in [3.8, 4) is 5.75 Å². The lowest BCUT2D eigenvalue weighted by molar-refractivity contribution is -0.131. The van der Waals surface area contributed by atoms with Crippen LogP contribution in [-0.2, 0) is 9.59 Å². The van der Waals surface area contributed by atoms with Gasteiger partial charge in [-0.05, 0) is 68.1 Å². The highest BCUT2D eigenvalue weighted by Gasteiger charge is 2.56. The van der Waals surface area contributed by atoms with Crippen LogP contribution in [0.4, 0.5) is 11.4 Å². The van der Waals surface area contributed by atoms with E-state index in [4.69, 9.17) is 16.3 Å². The van der Waals surface area contributed by atoms with E-state index in [1.54, 1.807) is 18.2 Å². The van der Waals surface area contributed by atoms with Crippen LogP contribution in [0.25, 0.3) is 0 Å². The number of amides is 2. The lowest BCUT2D eigenvalue weighted by atomic mass is 10.0. The first-order valence-electron chi connectivity index (χ1n) is 8.39. The summed E-state index contributed by atoms with van der Waals surface area (Å²) in [7, 11) is 1.52. The molecule has 3 rings (SSSR count). The summed E-state index contributed by atoms with van der Waals surface area (Å²) < 4.78 is 5.10. The van der Waals surface area contributed by atoms with Crippen molar-refractivity contribution in [1.29, 1.82) is 0 Å². The van der Waals surface area contributed by atoms with Gasteiger partial charge in [0.25, 0.3) is 0 Å². The summed E-state index contributed by atoms with van der Waals surface area (Å²) in [5, 5.41) is 6.05. The number of ether oxygens (including phenoxy) is 1. The normalized spacial score (nSPS) is 14.5. The summed E-state index contributed by atoms with van der Waals surface area (Å²) in [6, 6.07) is 10.7. The molecule has 1 aliphatic carbocycles. The molecule has 2 aromatic rings. The number of carbonyl (C=O) groups is 2. The average Bonchev–Trinajstić information content (AvgIpc) is 3.40. The minimum absolute atomic E-state index is 0.280. The number of hydrogen-bond donors (Lipinski definition) is 2. The Morgan fingerprint density at radius 3 is 2.04 bits per heavy atom. The molecule has 0 radical (unpaired) electrons. The van der Waals surface area contributed by atoms with E-state index in [1.165, 1.54) is 7.11 Å². The van der Waals surface area contributed by atoms with Gasteiger partial charge in [-0.1, -0.05) is 17.7 Å². The zero-order valence-electron chi connectivity index (χ0n) is 15.0. The molecular weight excluding hydrogens is 352 g/mol. The Kier molecular flexibility index (Phi) is 4.92. The first-order valence-corrected chi connectivity index (χ1v) is 8.77. The molecule has 26 heavy (non-hydrogen) atoms. The van der Waals surface area contributed by atoms with Crippen molar-refractivity contribution < 1.29 is 14.3 Å². The number of benzene rings is 2. The molecule has 0 aliphatic heterocycles. The summed E-state index contributed by atoms with van der Waals surface area (Å²) >= 11 is 6.08. The van der Waals surface area contributed by atoms with Crippen molar-refractivity contribution in [3.05, 3.63) is 52.5 Å². The molecule has 0 spiro atoms. The van der Waals surface area contributed by atoms with Gasteiger partial charge in [-0.15, -0.1) is 0 Å². The Hall–Kier alpha value is -2.53. The largest absolute Gasteiger partial charge is 0.495 e. The van der Waals surface area contributed by atoms with Crippen LogP contribution in [0.2, 0.25) is 5.02 Å². The van der Waals surface area contributed by atoms with E-state index >= 15 is 0 Å². The van der Waals surface area contributed by atoms with E-state index in [9.17, 15) is 9.59 Å². The standard InChI is InChI=1S/C20H21ClN2O3/c1-12-4-5-14(10-13(12)2)22-18(24)20(8-9-20)19(25)23-15-6-7-17(26-3)16(21)11-15/h4-7,10-11H,8-9H2,1-3H3,(H,22,24)(H,23,25). The molecule has 0 saturated heterocycles. The molecule has 2 N–H and O–H groups in total. The SMILES string of the molecule is COc1ccc(NC(=O)C2(C(=O)Nc3ccc(C)c(C)c3)CC2)cc1Cl. The Morgan fingerprint density at radius 2 is 1.54 bits per heavy atom. The first kappa shape index (κ1) is 18.3. The number of carbonyl (C=O) groups excluding carboxylic acids is 2. The van der Waals surface area contributed by atoms with Crippen LogP contribution in [0.5, 0.6) is 5.75 Å². The van der Waals surface area contributed by atoms with Crippen molar-refractivity contribution in [3.63, 3.8) is 0 Å². The Morgan fingerprint density at radius 1 is 0.962 bits per heavy atom. The highest BCUT2D eigenvalue weighted by Crippen LogP contribution is 2.47. The van der Waals surface area contributed by atoms with Crippen LogP contribution in [0.1, 0.15) is 24.0 Å². The third-order valence-electron chi connectivity index (χ3n) is 4.79. The topological polar surface area (TPSA) is 67.4 Å². The first-order chi connectivity index (χ1) is 12.4. The molecule has 5 nitrogen and oxygen atoms in total. The minimum atomic E-state index is -1.02. The van der Waals surface area contributed by atoms with Gasteiger partial charge in [0.2, 0.25) is 11.8 Å². The molecule has 0 aromatic heterocycles. The molecule has 0 heterocycles. The van der Waals surface area contributed by atoms with Gasteiger partial charge in [-0.3, -0.25) is 9.59 Å². The molecule has 0 atom stereocenters. The van der Waals surface area contributed by atoms with Crippen molar-refractivity contribution in [2.45, 2.75) is 26.7 Å². The molecule has 2 amide bonds. The second-order valence-corrected chi connectivity index (χ2v) is 7.05. The highest BCUT2D eigenvalue weighted by molar-refractivity contribution is 6.32. The van der Waals surface area contributed by atoms with Gasteiger partial charge in [0.15, 0.2) is 0 Å². The molecule has 0 unspecified atom stereocenters. The number of halogens is 1. The second kappa shape index (κ2) is 7.00. The van der Waals surface area contributed by atoms with Crippen LogP contribution in [-0.4, -0.2) is 18.9 Å². The number of methoxy groups -OCH3 is 1. The Balaban J connectivity index is 1.71. The van der Waals surface area contributed by atoms with Gasteiger partial charge in [0, 0.05) is 11.4 Å². The van der Waals surface area contributed by atoms with Crippen LogP contribution >= 0.6 is 11.6 Å². The van der Waals surface area contributed by atoms with Crippen molar-refractivity contribution in [1.82, 2.24) is 0 Å². The summed E-state index contributed by atoms with van der Waals surface area (Å²) in [6.45, 7) is 3.99. The maximum absolute atomic E-state index is 12.7. The molecular formula is C20H21ClN2O3. The van der Waals surface area contributed by atoms with Gasteiger partial charge >= 0.3 is 0 Å². The van der Waals surface area contributed by atoms with Crippen LogP contribution in [0.15, 0.2) is 36.4 Å². The van der Waals surface area contributed by atoms with E-state index in [1.807, 2.05) is 32.0 Å². The fourth-order valence-electron chi connectivity index (χ4n) is 2.75. The van der Waals surface area contributed by atoms with Crippen LogP contribution in [0, 0.1) is 19.3 Å². The molecule has 0 bridgehead atoms. The zero-order chi connectivity index (χ0) is 18.9. The van der Waals surface area contributed by atoms with Gasteiger partial charge in [0.05, 0.1) is 12.1 Å². The number of nitrogens with one attached hydrogen (secondary N) is 2. The van der Waals surface area contributed by atoms with E-state index in [0.717, 1.165) is 11.1 Å². The summed E-state index contributed by atoms with van der Waals surface area (Å²) in [6.07, 6.45) is 1.05. The van der Waals surface area contributed by atoms with Gasteiger partial charge in [-0.2, -0.15) is 0 Å². The summed E-state index contributed by atoms with van der Waals surface area (Å²) in [5.74, 6) is -0.0730. The molecule has 2 aromatic carbocycles. The number of aryl methyl sites for hydroxylation is 2. The van der Waals surface area contributed by atoms with Crippen LogP contribution in [0.3, 0.4) is 0 Å². The van der Waals surface area contributed by atoms with E-state index < -0.39 is 5.41 Å². The Labute approximate surface area is 157 Å². The third kappa shape index (κ3) is 3.53. The highest BCUT2D eigenvalue weighted by atomic mass is 35.5. The summed E-state index contributed by atoms with van der Waals surface area (Å²) in [5.41, 5.74) is 2.45. The van der Waals surface area contributed by atoms with E-state index in [-0.39, 0.29) is 11.8 Å². The van der Waals surface area contributed by atoms with Crippen molar-refractivity contribution in [2.75, 3.05) is 17.7 Å². The average molecular weight is 373 g/mol. The lowest BCUT2D eigenvalue weighted by Gasteiger charge is -2.16. The summed E-state index contributed by atoms with van der Waals surface area (Å²) in [4.78, 5) is 25.3. The van der Waals surface area contributed by atoms with E-state index in [2.05, 4.69) is 10.6 Å². The molecule has 1 saturated carbocycles. The van der Waals surface area contributed by atoms with Gasteiger partial charge < -0.3 is 15.4 Å². The molecule has 136 valence electrons. The monoisotopic (exact) mass is 372 g/mol. The van der Waals surface area contributed by atoms with Crippen LogP contribution < -0.4 is 15.4 Å². The van der Waals surface area contributed by atoms with Crippen molar-refractivity contribution >= 4 is 34.8 Å². The van der Waals surface area contributed by atoms with Gasteiger partial charge in [0.1, 0.15) is 11.2 Å². The Bertz CT molecular complexity index is 875. The maximum Gasteiger partial charge on any atom is 0.240 e. The van der Waals surface area contributed by atoms with Crippen molar-refractivity contribution in [2.24, 2.45) is 5.41 Å². The number of rotatable bonds is 5. The third-order valence-corrected chi connectivity index (χ3v) is 5.09. The molecule has 6 heteroatoms. The predicted molar refractivity (Wildman–Crippen MR) is 103 cm³/mol. The van der Waals surface area contributed by atoms with E-state index in [0.29, 0.717) is 35.0 Å². The fourth-order valence-corrected chi connectivity index (χ4v) is 3.00. The smallest absolute Gasteiger partial charge is 0.240 e.